The highest BCUT2D eigenvalue weighted by Gasteiger charge is 2.13. The van der Waals surface area contributed by atoms with E-state index >= 15 is 0 Å². The van der Waals surface area contributed by atoms with E-state index < -0.39 is 0 Å². The summed E-state index contributed by atoms with van der Waals surface area (Å²) in [4.78, 5) is 0. The van der Waals surface area contributed by atoms with Gasteiger partial charge in [0.2, 0.25) is 0 Å². The van der Waals surface area contributed by atoms with Crippen molar-refractivity contribution in [1.29, 1.82) is 0 Å². The van der Waals surface area contributed by atoms with Gasteiger partial charge in [-0.05, 0) is 37.3 Å². The van der Waals surface area contributed by atoms with E-state index in [0.29, 0.717) is 34.0 Å². The topological polar surface area (TPSA) is 63.5 Å². The fourth-order valence-corrected chi connectivity index (χ4v) is 2.56. The first-order valence-corrected chi connectivity index (χ1v) is 8.26. The van der Waals surface area contributed by atoms with Crippen molar-refractivity contribution in [3.63, 3.8) is 0 Å². The van der Waals surface area contributed by atoms with Crippen LogP contribution in [0.25, 0.3) is 5.69 Å². The molecule has 0 aliphatic carbocycles. The number of hydrogen-bond donors (Lipinski definition) is 2. The molecule has 0 atom stereocenters. The Labute approximate surface area is 155 Å². The van der Waals surface area contributed by atoms with Crippen LogP contribution in [0.2, 0.25) is 10.2 Å². The zero-order valence-corrected chi connectivity index (χ0v) is 15.5. The number of benzene rings is 1. The van der Waals surface area contributed by atoms with E-state index in [0.717, 1.165) is 11.4 Å². The molecule has 24 heavy (non-hydrogen) atoms. The summed E-state index contributed by atoms with van der Waals surface area (Å²) in [6.07, 6.45) is 1.58. The summed E-state index contributed by atoms with van der Waals surface area (Å²) in [6, 6.07) is 7.29. The zero-order valence-electron chi connectivity index (χ0n) is 13.2. The van der Waals surface area contributed by atoms with Gasteiger partial charge < -0.3 is 10.1 Å². The Morgan fingerprint density at radius 3 is 2.96 bits per heavy atom. The molecule has 0 radical (unpaired) electrons. The van der Waals surface area contributed by atoms with E-state index in [1.165, 1.54) is 0 Å². The Balaban J connectivity index is 2.09. The summed E-state index contributed by atoms with van der Waals surface area (Å²) < 4.78 is 6.53. The second kappa shape index (κ2) is 8.98. The highest BCUT2D eigenvalue weighted by Crippen LogP contribution is 2.23. The molecule has 1 heterocycles. The lowest BCUT2D eigenvalue weighted by Crippen LogP contribution is -2.34. The number of aryl methyl sites for hydroxylation is 1. The summed E-state index contributed by atoms with van der Waals surface area (Å²) >= 11 is 17.5. The van der Waals surface area contributed by atoms with E-state index in [4.69, 9.17) is 40.2 Å². The van der Waals surface area contributed by atoms with Gasteiger partial charge in [0.15, 0.2) is 5.11 Å². The number of nitrogens with one attached hydrogen (secondary N) is 2. The molecule has 2 aromatic rings. The van der Waals surface area contributed by atoms with E-state index in [9.17, 15) is 0 Å². The molecule has 1 aromatic heterocycles. The van der Waals surface area contributed by atoms with E-state index in [2.05, 4.69) is 20.9 Å². The van der Waals surface area contributed by atoms with Crippen LogP contribution in [-0.4, -0.2) is 41.4 Å². The SMILES string of the molecule is COCCNC(=S)N/N=C\c1c(C)nn(-c2cccc(Cl)c2)c1Cl. The Hall–Kier alpha value is -1.67. The minimum atomic E-state index is 0.402. The third-order valence-corrected chi connectivity index (χ3v) is 3.89. The smallest absolute Gasteiger partial charge is 0.187 e. The van der Waals surface area contributed by atoms with Gasteiger partial charge in [0.1, 0.15) is 5.15 Å². The van der Waals surface area contributed by atoms with Crippen molar-refractivity contribution < 1.29 is 4.74 Å². The van der Waals surface area contributed by atoms with Crippen molar-refractivity contribution in [3.05, 3.63) is 45.7 Å². The number of methoxy groups -OCH3 is 1. The quantitative estimate of drug-likeness (QED) is 0.346. The Bertz CT molecular complexity index is 747. The first-order valence-electron chi connectivity index (χ1n) is 7.10. The molecule has 0 fully saturated rings. The highest BCUT2D eigenvalue weighted by atomic mass is 35.5. The first-order chi connectivity index (χ1) is 11.5. The van der Waals surface area contributed by atoms with Crippen molar-refractivity contribution in [2.45, 2.75) is 6.92 Å². The summed E-state index contributed by atoms with van der Waals surface area (Å²) in [7, 11) is 1.62. The maximum atomic E-state index is 6.41. The molecule has 0 saturated heterocycles. The predicted octanol–water partition coefficient (Wildman–Crippen LogP) is 2.93. The van der Waals surface area contributed by atoms with Crippen molar-refractivity contribution in [2.24, 2.45) is 5.10 Å². The van der Waals surface area contributed by atoms with E-state index in [-0.39, 0.29) is 0 Å². The van der Waals surface area contributed by atoms with Gasteiger partial charge in [0, 0.05) is 18.7 Å². The Kier molecular flexibility index (Phi) is 6.99. The Morgan fingerprint density at radius 1 is 1.46 bits per heavy atom. The second-order valence-electron chi connectivity index (χ2n) is 4.80. The van der Waals surface area contributed by atoms with Crippen LogP contribution in [0.5, 0.6) is 0 Å². The molecule has 128 valence electrons. The third kappa shape index (κ3) is 4.91. The molecule has 2 N–H and O–H groups in total. The fraction of sp³-hybridized carbons (Fsp3) is 0.267. The normalized spacial score (nSPS) is 11.0. The molecule has 0 aliphatic heterocycles. The lowest BCUT2D eigenvalue weighted by molar-refractivity contribution is 0.204. The van der Waals surface area contributed by atoms with Crippen LogP contribution < -0.4 is 10.7 Å². The number of rotatable bonds is 6. The molecule has 2 rings (SSSR count). The van der Waals surface area contributed by atoms with Crippen LogP contribution in [0.1, 0.15) is 11.3 Å². The predicted molar refractivity (Wildman–Crippen MR) is 102 cm³/mol. The largest absolute Gasteiger partial charge is 0.383 e. The highest BCUT2D eigenvalue weighted by molar-refractivity contribution is 7.80. The molecular formula is C15H17Cl2N5OS. The maximum Gasteiger partial charge on any atom is 0.187 e. The van der Waals surface area contributed by atoms with Crippen LogP contribution in [-0.2, 0) is 4.74 Å². The standard InChI is InChI=1S/C15H17Cl2N5OS/c1-10-13(9-19-20-15(24)18-6-7-23-2)14(17)22(21-10)12-5-3-4-11(16)8-12/h3-5,8-9H,6-7H2,1-2H3,(H2,18,20,24)/b19-9-. The molecule has 0 bridgehead atoms. The van der Waals surface area contributed by atoms with Gasteiger partial charge in [-0.2, -0.15) is 10.2 Å². The monoisotopic (exact) mass is 385 g/mol. The minimum absolute atomic E-state index is 0.402. The average Bonchev–Trinajstić information content (AvgIpc) is 2.83. The van der Waals surface area contributed by atoms with Gasteiger partial charge in [-0.3, -0.25) is 5.43 Å². The van der Waals surface area contributed by atoms with Crippen LogP contribution in [0.15, 0.2) is 29.4 Å². The third-order valence-electron chi connectivity index (χ3n) is 3.05. The molecule has 0 spiro atoms. The van der Waals surface area contributed by atoms with Gasteiger partial charge in [0.25, 0.3) is 0 Å². The number of aromatic nitrogens is 2. The number of hydrazone groups is 1. The first kappa shape index (κ1) is 18.7. The maximum absolute atomic E-state index is 6.41. The van der Waals surface area contributed by atoms with E-state index in [1.807, 2.05) is 19.1 Å². The van der Waals surface area contributed by atoms with Crippen LogP contribution in [0.3, 0.4) is 0 Å². The van der Waals surface area contributed by atoms with Crippen LogP contribution in [0, 0.1) is 6.92 Å². The van der Waals surface area contributed by atoms with Crippen molar-refractivity contribution in [1.82, 2.24) is 20.5 Å². The number of thiocarbonyl (C=S) groups is 1. The van der Waals surface area contributed by atoms with Gasteiger partial charge in [-0.15, -0.1) is 0 Å². The lowest BCUT2D eigenvalue weighted by atomic mass is 10.3. The second-order valence-corrected chi connectivity index (χ2v) is 6.00. The molecule has 0 saturated carbocycles. The summed E-state index contributed by atoms with van der Waals surface area (Å²) in [6.45, 7) is 3.01. The summed E-state index contributed by atoms with van der Waals surface area (Å²) in [5.74, 6) is 0. The van der Waals surface area contributed by atoms with E-state index in [1.54, 1.807) is 30.1 Å². The number of halogens is 2. The summed E-state index contributed by atoms with van der Waals surface area (Å²) in [5.41, 5.74) is 4.94. The van der Waals surface area contributed by atoms with Gasteiger partial charge in [-0.25, -0.2) is 4.68 Å². The van der Waals surface area contributed by atoms with Crippen molar-refractivity contribution >= 4 is 46.7 Å². The van der Waals surface area contributed by atoms with Gasteiger partial charge in [-0.1, -0.05) is 29.3 Å². The Morgan fingerprint density at radius 2 is 2.25 bits per heavy atom. The molecule has 0 unspecified atom stereocenters. The molecule has 0 aliphatic rings. The van der Waals surface area contributed by atoms with Crippen LogP contribution in [0.4, 0.5) is 0 Å². The number of hydrogen-bond acceptors (Lipinski definition) is 4. The number of ether oxygens (including phenoxy) is 1. The summed E-state index contributed by atoms with van der Waals surface area (Å²) in [5, 5.41) is 12.9. The van der Waals surface area contributed by atoms with Crippen molar-refractivity contribution in [3.8, 4) is 5.69 Å². The molecule has 0 amide bonds. The van der Waals surface area contributed by atoms with Gasteiger partial charge >= 0.3 is 0 Å². The molecular weight excluding hydrogens is 369 g/mol. The van der Waals surface area contributed by atoms with Gasteiger partial charge in [0.05, 0.1) is 29.8 Å². The lowest BCUT2D eigenvalue weighted by Gasteiger charge is -2.05. The van der Waals surface area contributed by atoms with Crippen LogP contribution >= 0.6 is 35.4 Å². The average molecular weight is 386 g/mol. The fourth-order valence-electron chi connectivity index (χ4n) is 1.90. The zero-order chi connectivity index (χ0) is 17.5. The number of nitrogens with zero attached hydrogens (tertiary/aromatic N) is 3. The van der Waals surface area contributed by atoms with Crippen molar-refractivity contribution in [2.75, 3.05) is 20.3 Å². The molecule has 6 nitrogen and oxygen atoms in total. The molecule has 9 heteroatoms. The molecule has 1 aromatic carbocycles. The minimum Gasteiger partial charge on any atom is -0.383 e.